The lowest BCUT2D eigenvalue weighted by atomic mass is 10.00. The zero-order chi connectivity index (χ0) is 10.9. The maximum Gasteiger partial charge on any atom is 0.0478 e. The first-order valence-electron chi connectivity index (χ1n) is 6.65. The van der Waals surface area contributed by atoms with Crippen LogP contribution < -0.4 is 5.32 Å². The van der Waals surface area contributed by atoms with E-state index in [0.29, 0.717) is 6.04 Å². The van der Waals surface area contributed by atoms with Gasteiger partial charge in [0.2, 0.25) is 0 Å². The van der Waals surface area contributed by atoms with Crippen molar-refractivity contribution in [1.29, 1.82) is 0 Å². The van der Waals surface area contributed by atoms with Gasteiger partial charge in [0.15, 0.2) is 0 Å². The molecule has 0 spiro atoms. The topological polar surface area (TPSA) is 21.3 Å². The summed E-state index contributed by atoms with van der Waals surface area (Å²) in [7, 11) is 0. The van der Waals surface area contributed by atoms with Crippen molar-refractivity contribution < 1.29 is 4.74 Å². The first kappa shape index (κ1) is 13.0. The third kappa shape index (κ3) is 5.53. The molecule has 0 saturated heterocycles. The Morgan fingerprint density at radius 2 is 2.00 bits per heavy atom. The highest BCUT2D eigenvalue weighted by Gasteiger charge is 2.20. The lowest BCUT2D eigenvalue weighted by Crippen LogP contribution is -2.33. The average Bonchev–Trinajstić information content (AvgIpc) is 2.76. The van der Waals surface area contributed by atoms with Crippen molar-refractivity contribution in [3.05, 3.63) is 0 Å². The van der Waals surface area contributed by atoms with Gasteiger partial charge in [0.05, 0.1) is 0 Å². The van der Waals surface area contributed by atoms with E-state index in [1.807, 2.05) is 0 Å². The van der Waals surface area contributed by atoms with Gasteiger partial charge in [0.1, 0.15) is 0 Å². The van der Waals surface area contributed by atoms with Crippen molar-refractivity contribution >= 4 is 0 Å². The lowest BCUT2D eigenvalue weighted by Gasteiger charge is -2.20. The number of ether oxygens (including phenoxy) is 1. The molecule has 1 N–H and O–H groups in total. The Bertz CT molecular complexity index is 143. The fourth-order valence-electron chi connectivity index (χ4n) is 2.37. The van der Waals surface area contributed by atoms with Crippen molar-refractivity contribution in [3.8, 4) is 0 Å². The minimum atomic E-state index is 0.707. The van der Waals surface area contributed by atoms with Gasteiger partial charge in [-0.1, -0.05) is 19.8 Å². The minimum Gasteiger partial charge on any atom is -0.381 e. The maximum absolute atomic E-state index is 5.45. The van der Waals surface area contributed by atoms with E-state index < -0.39 is 0 Å². The molecular formula is C13H27NO. The first-order chi connectivity index (χ1) is 7.34. The summed E-state index contributed by atoms with van der Waals surface area (Å²) >= 11 is 0. The van der Waals surface area contributed by atoms with E-state index in [9.17, 15) is 0 Å². The van der Waals surface area contributed by atoms with Crippen LogP contribution in [0.4, 0.5) is 0 Å². The average molecular weight is 213 g/mol. The van der Waals surface area contributed by atoms with Crippen LogP contribution in [0.5, 0.6) is 0 Å². The standard InChI is InChI=1S/C13H27NO/c1-3-10-15-11-6-9-14-12(2)13-7-4-5-8-13/h12-14H,3-11H2,1-2H3. The molecule has 0 amide bonds. The molecule has 15 heavy (non-hydrogen) atoms. The molecule has 1 aliphatic carbocycles. The van der Waals surface area contributed by atoms with Crippen molar-refractivity contribution in [3.63, 3.8) is 0 Å². The number of hydrogen-bond acceptors (Lipinski definition) is 2. The zero-order valence-electron chi connectivity index (χ0n) is 10.4. The monoisotopic (exact) mass is 213 g/mol. The molecule has 1 fully saturated rings. The Kier molecular flexibility index (Phi) is 7.03. The molecule has 1 unspecified atom stereocenters. The highest BCUT2D eigenvalue weighted by atomic mass is 16.5. The van der Waals surface area contributed by atoms with Gasteiger partial charge in [-0.15, -0.1) is 0 Å². The van der Waals surface area contributed by atoms with Gasteiger partial charge in [-0.25, -0.2) is 0 Å². The van der Waals surface area contributed by atoms with Crippen LogP contribution >= 0.6 is 0 Å². The fourth-order valence-corrected chi connectivity index (χ4v) is 2.37. The Morgan fingerprint density at radius 3 is 2.67 bits per heavy atom. The molecular weight excluding hydrogens is 186 g/mol. The fraction of sp³-hybridized carbons (Fsp3) is 1.00. The van der Waals surface area contributed by atoms with Crippen molar-refractivity contribution in [2.45, 2.75) is 58.4 Å². The smallest absolute Gasteiger partial charge is 0.0478 e. The highest BCUT2D eigenvalue weighted by Crippen LogP contribution is 2.27. The Balaban J connectivity index is 1.90. The minimum absolute atomic E-state index is 0.707. The summed E-state index contributed by atoms with van der Waals surface area (Å²) in [4.78, 5) is 0. The second-order valence-corrected chi connectivity index (χ2v) is 4.75. The van der Waals surface area contributed by atoms with Crippen LogP contribution in [0.2, 0.25) is 0 Å². The Morgan fingerprint density at radius 1 is 1.27 bits per heavy atom. The van der Waals surface area contributed by atoms with E-state index >= 15 is 0 Å². The van der Waals surface area contributed by atoms with Gasteiger partial charge in [-0.3, -0.25) is 0 Å². The van der Waals surface area contributed by atoms with Crippen LogP contribution in [0, 0.1) is 5.92 Å². The van der Waals surface area contributed by atoms with E-state index in [2.05, 4.69) is 19.2 Å². The predicted octanol–water partition coefficient (Wildman–Crippen LogP) is 2.97. The number of nitrogens with one attached hydrogen (secondary N) is 1. The Hall–Kier alpha value is -0.0800. The van der Waals surface area contributed by atoms with Gasteiger partial charge < -0.3 is 10.1 Å². The van der Waals surface area contributed by atoms with Crippen molar-refractivity contribution in [2.24, 2.45) is 5.92 Å². The normalized spacial score (nSPS) is 19.6. The van der Waals surface area contributed by atoms with Crippen LogP contribution in [0.3, 0.4) is 0 Å². The summed E-state index contributed by atoms with van der Waals surface area (Å²) < 4.78 is 5.45. The summed E-state index contributed by atoms with van der Waals surface area (Å²) in [6.07, 6.45) is 8.02. The van der Waals surface area contributed by atoms with Gasteiger partial charge in [0, 0.05) is 19.3 Å². The molecule has 0 heterocycles. The summed E-state index contributed by atoms with van der Waals surface area (Å²) in [5, 5.41) is 3.62. The SMILES string of the molecule is CCCOCCCNC(C)C1CCCC1. The molecule has 1 aliphatic rings. The Labute approximate surface area is 94.8 Å². The van der Waals surface area contributed by atoms with E-state index in [0.717, 1.165) is 38.5 Å². The number of hydrogen-bond donors (Lipinski definition) is 1. The largest absolute Gasteiger partial charge is 0.381 e. The van der Waals surface area contributed by atoms with Crippen LogP contribution in [0.15, 0.2) is 0 Å². The van der Waals surface area contributed by atoms with Crippen LogP contribution in [0.25, 0.3) is 0 Å². The summed E-state index contributed by atoms with van der Waals surface area (Å²) in [5.41, 5.74) is 0. The van der Waals surface area contributed by atoms with Crippen LogP contribution in [-0.4, -0.2) is 25.8 Å². The second-order valence-electron chi connectivity index (χ2n) is 4.75. The summed E-state index contributed by atoms with van der Waals surface area (Å²) in [6, 6.07) is 0.707. The van der Waals surface area contributed by atoms with Gasteiger partial charge in [-0.05, 0) is 45.1 Å². The zero-order valence-corrected chi connectivity index (χ0v) is 10.4. The summed E-state index contributed by atoms with van der Waals surface area (Å²) in [6.45, 7) is 7.43. The molecule has 0 bridgehead atoms. The molecule has 1 rings (SSSR count). The van der Waals surface area contributed by atoms with E-state index in [1.165, 1.54) is 25.7 Å². The van der Waals surface area contributed by atoms with E-state index in [1.54, 1.807) is 0 Å². The second kappa shape index (κ2) is 8.12. The molecule has 0 aromatic rings. The maximum atomic E-state index is 5.45. The lowest BCUT2D eigenvalue weighted by molar-refractivity contribution is 0.131. The molecule has 90 valence electrons. The molecule has 0 aliphatic heterocycles. The molecule has 0 radical (unpaired) electrons. The van der Waals surface area contributed by atoms with Crippen molar-refractivity contribution in [1.82, 2.24) is 5.32 Å². The van der Waals surface area contributed by atoms with E-state index in [4.69, 9.17) is 4.74 Å². The summed E-state index contributed by atoms with van der Waals surface area (Å²) in [5.74, 6) is 0.932. The molecule has 1 saturated carbocycles. The van der Waals surface area contributed by atoms with Gasteiger partial charge in [-0.2, -0.15) is 0 Å². The van der Waals surface area contributed by atoms with Crippen LogP contribution in [0.1, 0.15) is 52.4 Å². The quantitative estimate of drug-likeness (QED) is 0.626. The van der Waals surface area contributed by atoms with Crippen LogP contribution in [-0.2, 0) is 4.74 Å². The number of rotatable bonds is 8. The van der Waals surface area contributed by atoms with E-state index in [-0.39, 0.29) is 0 Å². The molecule has 1 atom stereocenters. The molecule has 2 heteroatoms. The molecule has 0 aromatic carbocycles. The van der Waals surface area contributed by atoms with Gasteiger partial charge >= 0.3 is 0 Å². The third-order valence-corrected chi connectivity index (χ3v) is 3.39. The molecule has 0 aromatic heterocycles. The third-order valence-electron chi connectivity index (χ3n) is 3.39. The van der Waals surface area contributed by atoms with Gasteiger partial charge in [0.25, 0.3) is 0 Å². The van der Waals surface area contributed by atoms with Crippen molar-refractivity contribution in [2.75, 3.05) is 19.8 Å². The molecule has 2 nitrogen and oxygen atoms in total. The highest BCUT2D eigenvalue weighted by molar-refractivity contribution is 4.76. The predicted molar refractivity (Wildman–Crippen MR) is 65.1 cm³/mol. The first-order valence-corrected chi connectivity index (χ1v) is 6.65.